The molecule has 0 bridgehead atoms. The van der Waals surface area contributed by atoms with Crippen LogP contribution in [0.4, 0.5) is 18.0 Å². The van der Waals surface area contributed by atoms with Crippen LogP contribution in [-0.4, -0.2) is 53.0 Å². The minimum Gasteiger partial charge on any atom is -0.451 e. The number of benzene rings is 1. The molecule has 1 aromatic carbocycles. The minimum absolute atomic E-state index is 0.0462. The number of para-hydroxylation sites is 1. The zero-order valence-corrected chi connectivity index (χ0v) is 15.3. The van der Waals surface area contributed by atoms with Gasteiger partial charge in [0.1, 0.15) is 6.54 Å². The molecule has 0 aliphatic heterocycles. The van der Waals surface area contributed by atoms with E-state index in [1.54, 1.807) is 41.9 Å². The van der Waals surface area contributed by atoms with Gasteiger partial charge in [0.25, 0.3) is 5.91 Å². The van der Waals surface area contributed by atoms with Crippen LogP contribution in [0.5, 0.6) is 0 Å². The number of thioether (sulfide) groups is 1. The normalized spacial score (nSPS) is 11.0. The van der Waals surface area contributed by atoms with Gasteiger partial charge in [0.05, 0.1) is 6.20 Å². The van der Waals surface area contributed by atoms with Crippen molar-refractivity contribution >= 4 is 29.7 Å². The number of rotatable bonds is 6. The molecule has 0 atom stereocenters. The number of hydrogen-bond acceptors (Lipinski definition) is 6. The van der Waals surface area contributed by atoms with E-state index in [2.05, 4.69) is 4.98 Å². The standard InChI is InChI=1S/C16H15F3N4O4S/c1-28-15-20-7-11(23(15)10-5-3-2-4-6-10)13(25)27-8-12(24)22-14(26)21-9-16(17,18)19/h2-7H,8-9H2,1H3,(H2,21,22,24,26). The van der Waals surface area contributed by atoms with E-state index in [-0.39, 0.29) is 5.69 Å². The van der Waals surface area contributed by atoms with E-state index < -0.39 is 37.2 Å². The maximum Gasteiger partial charge on any atom is 0.405 e. The highest BCUT2D eigenvalue weighted by Gasteiger charge is 2.28. The van der Waals surface area contributed by atoms with Gasteiger partial charge in [-0.05, 0) is 18.4 Å². The number of halogens is 3. The lowest BCUT2D eigenvalue weighted by Gasteiger charge is -2.11. The summed E-state index contributed by atoms with van der Waals surface area (Å²) in [6, 6.07) is 7.47. The van der Waals surface area contributed by atoms with E-state index in [1.165, 1.54) is 27.8 Å². The van der Waals surface area contributed by atoms with Crippen molar-refractivity contribution in [3.63, 3.8) is 0 Å². The summed E-state index contributed by atoms with van der Waals surface area (Å²) in [5, 5.41) is 3.60. The summed E-state index contributed by atoms with van der Waals surface area (Å²) in [5.74, 6) is -1.97. The molecule has 8 nitrogen and oxygen atoms in total. The van der Waals surface area contributed by atoms with Crippen molar-refractivity contribution in [3.8, 4) is 5.69 Å². The molecule has 0 fully saturated rings. The van der Waals surface area contributed by atoms with E-state index in [0.717, 1.165) is 0 Å². The number of hydrogen-bond donors (Lipinski definition) is 2. The molecule has 3 amide bonds. The van der Waals surface area contributed by atoms with Crippen LogP contribution in [0, 0.1) is 0 Å². The van der Waals surface area contributed by atoms with E-state index in [4.69, 9.17) is 4.74 Å². The Morgan fingerprint density at radius 3 is 2.50 bits per heavy atom. The molecule has 150 valence electrons. The molecule has 2 N–H and O–H groups in total. The number of ether oxygens (including phenoxy) is 1. The molecular formula is C16H15F3N4O4S. The highest BCUT2D eigenvalue weighted by atomic mass is 32.2. The Morgan fingerprint density at radius 1 is 1.21 bits per heavy atom. The number of aromatic nitrogens is 2. The number of imidazole rings is 1. The average molecular weight is 416 g/mol. The Bertz CT molecular complexity index is 855. The van der Waals surface area contributed by atoms with Crippen LogP contribution in [0.2, 0.25) is 0 Å². The van der Waals surface area contributed by atoms with Crippen LogP contribution in [0.1, 0.15) is 10.5 Å². The topological polar surface area (TPSA) is 102 Å². The van der Waals surface area contributed by atoms with Gasteiger partial charge < -0.3 is 10.1 Å². The summed E-state index contributed by atoms with van der Waals surface area (Å²) in [4.78, 5) is 39.2. The predicted molar refractivity (Wildman–Crippen MR) is 93.2 cm³/mol. The first kappa shape index (κ1) is 21.3. The molecule has 2 aromatic rings. The first-order chi connectivity index (χ1) is 13.2. The third-order valence-electron chi connectivity index (χ3n) is 3.17. The van der Waals surface area contributed by atoms with Crippen molar-refractivity contribution in [1.82, 2.24) is 20.2 Å². The highest BCUT2D eigenvalue weighted by Crippen LogP contribution is 2.22. The van der Waals surface area contributed by atoms with Crippen LogP contribution in [0.3, 0.4) is 0 Å². The Balaban J connectivity index is 1.98. The van der Waals surface area contributed by atoms with Crippen molar-refractivity contribution in [2.75, 3.05) is 19.4 Å². The van der Waals surface area contributed by atoms with Gasteiger partial charge in [-0.3, -0.25) is 14.7 Å². The molecule has 0 saturated heterocycles. The summed E-state index contributed by atoms with van der Waals surface area (Å²) in [5.41, 5.74) is 0.692. The number of nitrogens with one attached hydrogen (secondary N) is 2. The van der Waals surface area contributed by atoms with E-state index in [0.29, 0.717) is 10.8 Å². The lowest BCUT2D eigenvalue weighted by atomic mass is 10.3. The molecule has 0 saturated carbocycles. The quantitative estimate of drug-likeness (QED) is 0.553. The third kappa shape index (κ3) is 6.01. The molecule has 0 aliphatic rings. The van der Waals surface area contributed by atoms with E-state index in [9.17, 15) is 27.6 Å². The van der Waals surface area contributed by atoms with Crippen molar-refractivity contribution in [2.45, 2.75) is 11.3 Å². The van der Waals surface area contributed by atoms with Crippen LogP contribution < -0.4 is 10.6 Å². The Labute approximate surface area is 161 Å². The second-order valence-corrected chi connectivity index (χ2v) is 6.00. The van der Waals surface area contributed by atoms with Crippen molar-refractivity contribution in [1.29, 1.82) is 0 Å². The SMILES string of the molecule is CSc1ncc(C(=O)OCC(=O)NC(=O)NCC(F)(F)F)n1-c1ccccc1. The summed E-state index contributed by atoms with van der Waals surface area (Å²) in [6.45, 7) is -2.45. The average Bonchev–Trinajstić information content (AvgIpc) is 3.09. The molecule has 1 aromatic heterocycles. The van der Waals surface area contributed by atoms with Gasteiger partial charge in [0.2, 0.25) is 0 Å². The second-order valence-electron chi connectivity index (χ2n) is 5.22. The van der Waals surface area contributed by atoms with Gasteiger partial charge in [-0.1, -0.05) is 30.0 Å². The van der Waals surface area contributed by atoms with Gasteiger partial charge in [-0.15, -0.1) is 0 Å². The summed E-state index contributed by atoms with van der Waals surface area (Å²) in [6.07, 6.45) is -1.57. The molecule has 0 unspecified atom stereocenters. The van der Waals surface area contributed by atoms with Crippen LogP contribution in [-0.2, 0) is 9.53 Å². The fourth-order valence-corrected chi connectivity index (χ4v) is 2.59. The van der Waals surface area contributed by atoms with E-state index >= 15 is 0 Å². The first-order valence-electron chi connectivity index (χ1n) is 7.70. The number of urea groups is 1. The Morgan fingerprint density at radius 2 is 1.89 bits per heavy atom. The van der Waals surface area contributed by atoms with Gasteiger partial charge in [-0.2, -0.15) is 13.2 Å². The van der Waals surface area contributed by atoms with Gasteiger partial charge in [0.15, 0.2) is 17.5 Å². The van der Waals surface area contributed by atoms with E-state index in [1.807, 2.05) is 0 Å². The van der Waals surface area contributed by atoms with Gasteiger partial charge >= 0.3 is 18.2 Å². The molecule has 12 heteroatoms. The lowest BCUT2D eigenvalue weighted by molar-refractivity contribution is -0.125. The van der Waals surface area contributed by atoms with Gasteiger partial charge in [0, 0.05) is 5.69 Å². The Hall–Kier alpha value is -3.02. The Kier molecular flexibility index (Phi) is 7.04. The maximum atomic E-state index is 12.3. The second kappa shape index (κ2) is 9.26. The molecule has 0 spiro atoms. The molecule has 0 radical (unpaired) electrons. The number of carbonyl (C=O) groups excluding carboxylic acids is 3. The monoisotopic (exact) mass is 416 g/mol. The number of nitrogens with zero attached hydrogens (tertiary/aromatic N) is 2. The summed E-state index contributed by atoms with van der Waals surface area (Å²) < 4.78 is 42.4. The minimum atomic E-state index is -4.61. The summed E-state index contributed by atoms with van der Waals surface area (Å²) in [7, 11) is 0. The number of amides is 3. The first-order valence-corrected chi connectivity index (χ1v) is 8.92. The fraction of sp³-hybridized carbons (Fsp3) is 0.250. The molecule has 1 heterocycles. The predicted octanol–water partition coefficient (Wildman–Crippen LogP) is 2.14. The fourth-order valence-electron chi connectivity index (χ4n) is 2.04. The zero-order chi connectivity index (χ0) is 20.7. The molecule has 28 heavy (non-hydrogen) atoms. The van der Waals surface area contributed by atoms with Crippen LogP contribution in [0.15, 0.2) is 41.7 Å². The molecular weight excluding hydrogens is 401 g/mol. The van der Waals surface area contributed by atoms with Crippen LogP contribution >= 0.6 is 11.8 Å². The van der Waals surface area contributed by atoms with Gasteiger partial charge in [-0.25, -0.2) is 14.6 Å². The largest absolute Gasteiger partial charge is 0.451 e. The smallest absolute Gasteiger partial charge is 0.405 e. The number of carbonyl (C=O) groups is 3. The number of esters is 1. The van der Waals surface area contributed by atoms with Crippen LogP contribution in [0.25, 0.3) is 5.69 Å². The lowest BCUT2D eigenvalue weighted by Crippen LogP contribution is -2.44. The highest BCUT2D eigenvalue weighted by molar-refractivity contribution is 7.98. The van der Waals surface area contributed by atoms with Crippen molar-refractivity contribution in [3.05, 3.63) is 42.2 Å². The summed E-state index contributed by atoms with van der Waals surface area (Å²) >= 11 is 1.29. The zero-order valence-electron chi connectivity index (χ0n) is 14.4. The molecule has 2 rings (SSSR count). The number of imide groups is 1. The number of alkyl halides is 3. The van der Waals surface area contributed by atoms with Crippen molar-refractivity contribution in [2.24, 2.45) is 0 Å². The third-order valence-corrected chi connectivity index (χ3v) is 3.83. The molecule has 0 aliphatic carbocycles. The van der Waals surface area contributed by atoms with Crippen molar-refractivity contribution < 1.29 is 32.3 Å². The maximum absolute atomic E-state index is 12.3.